The van der Waals surface area contributed by atoms with Gasteiger partial charge in [0.2, 0.25) is 0 Å². The van der Waals surface area contributed by atoms with Crippen molar-refractivity contribution in [3.63, 3.8) is 0 Å². The van der Waals surface area contributed by atoms with Gasteiger partial charge in [-0.15, -0.1) is 0 Å². The first-order valence-corrected chi connectivity index (χ1v) is 4.59. The maximum Gasteiger partial charge on any atom is 0.118 e. The van der Waals surface area contributed by atoms with Crippen molar-refractivity contribution in [2.24, 2.45) is 0 Å². The predicted molar refractivity (Wildman–Crippen MR) is 56.2 cm³/mol. The molecule has 0 saturated heterocycles. The minimum Gasteiger partial charge on any atom is -0.497 e. The van der Waals surface area contributed by atoms with E-state index in [0.29, 0.717) is 0 Å². The molecule has 0 aromatic heterocycles. The van der Waals surface area contributed by atoms with E-state index in [1.807, 2.05) is 18.2 Å². The molecule has 3 heteroatoms. The summed E-state index contributed by atoms with van der Waals surface area (Å²) in [6.45, 7) is 1.76. The van der Waals surface area contributed by atoms with Crippen LogP contribution in [0.4, 0.5) is 0 Å². The molecule has 0 radical (unpaired) electrons. The molecule has 0 N–H and O–H groups in total. The summed E-state index contributed by atoms with van der Waals surface area (Å²) in [5.74, 6) is 0.746. The number of hydrogen-bond acceptors (Lipinski definition) is 3. The van der Waals surface area contributed by atoms with Gasteiger partial charge in [-0.2, -0.15) is 10.5 Å². The van der Waals surface area contributed by atoms with Crippen LogP contribution in [0.15, 0.2) is 24.3 Å². The summed E-state index contributed by atoms with van der Waals surface area (Å²) in [4.78, 5) is 0. The Hall–Kier alpha value is -2.00. The Balaban J connectivity index is 3.05. The topological polar surface area (TPSA) is 56.8 Å². The molecule has 0 aliphatic heterocycles. The summed E-state index contributed by atoms with van der Waals surface area (Å²) in [5.41, 5.74) is 0.105. The van der Waals surface area contributed by atoms with Crippen molar-refractivity contribution in [1.82, 2.24) is 0 Å². The molecule has 0 spiro atoms. The molecule has 0 fully saturated rings. The molecule has 0 aliphatic rings. The van der Waals surface area contributed by atoms with Gasteiger partial charge in [0.05, 0.1) is 31.1 Å². The van der Waals surface area contributed by atoms with Crippen molar-refractivity contribution in [3.05, 3.63) is 29.8 Å². The standard InChI is InChI=1S/C12H12N2O/c1-12(9-14,7-8-13)10-3-5-11(15-2)6-4-10/h3-6H,7H2,1-2H3/t12-/m1/s1. The zero-order valence-corrected chi connectivity index (χ0v) is 8.82. The molecule has 1 atom stereocenters. The number of hydrogen-bond donors (Lipinski definition) is 0. The van der Waals surface area contributed by atoms with Gasteiger partial charge in [0.15, 0.2) is 0 Å². The van der Waals surface area contributed by atoms with Crippen LogP contribution in [0, 0.1) is 22.7 Å². The van der Waals surface area contributed by atoms with E-state index < -0.39 is 5.41 Å². The summed E-state index contributed by atoms with van der Waals surface area (Å²) in [6.07, 6.45) is 0.190. The molecule has 1 rings (SSSR count). The van der Waals surface area contributed by atoms with Crippen LogP contribution in [0.3, 0.4) is 0 Å². The highest BCUT2D eigenvalue weighted by atomic mass is 16.5. The average Bonchev–Trinajstić information content (AvgIpc) is 2.29. The third kappa shape index (κ3) is 2.27. The zero-order chi connectivity index (χ0) is 11.3. The fourth-order valence-electron chi connectivity index (χ4n) is 1.32. The number of nitrogens with zero attached hydrogens (tertiary/aromatic N) is 2. The number of rotatable bonds is 3. The van der Waals surface area contributed by atoms with Gasteiger partial charge >= 0.3 is 0 Å². The largest absolute Gasteiger partial charge is 0.497 e. The predicted octanol–water partition coefficient (Wildman–Crippen LogP) is 2.39. The number of nitriles is 2. The molecule has 1 aromatic rings. The van der Waals surface area contributed by atoms with Crippen molar-refractivity contribution >= 4 is 0 Å². The van der Waals surface area contributed by atoms with Crippen molar-refractivity contribution in [3.8, 4) is 17.9 Å². The van der Waals surface area contributed by atoms with Gasteiger partial charge in [0.1, 0.15) is 5.75 Å². The van der Waals surface area contributed by atoms with E-state index in [2.05, 4.69) is 6.07 Å². The van der Waals surface area contributed by atoms with Crippen molar-refractivity contribution in [2.75, 3.05) is 7.11 Å². The lowest BCUT2D eigenvalue weighted by atomic mass is 9.81. The first-order valence-electron chi connectivity index (χ1n) is 4.59. The van der Waals surface area contributed by atoms with Gasteiger partial charge in [-0.25, -0.2) is 0 Å². The van der Waals surface area contributed by atoms with Crippen LogP contribution in [0.1, 0.15) is 18.9 Å². The molecule has 1 aromatic carbocycles. The molecule has 0 aliphatic carbocycles. The number of benzene rings is 1. The third-order valence-corrected chi connectivity index (χ3v) is 2.41. The first kappa shape index (κ1) is 11.1. The van der Waals surface area contributed by atoms with Gasteiger partial charge in [-0.05, 0) is 24.6 Å². The summed E-state index contributed by atoms with van der Waals surface area (Å²) >= 11 is 0. The Morgan fingerprint density at radius 3 is 2.27 bits per heavy atom. The number of ether oxygens (including phenoxy) is 1. The molecule has 15 heavy (non-hydrogen) atoms. The van der Waals surface area contributed by atoms with Gasteiger partial charge in [0.25, 0.3) is 0 Å². The third-order valence-electron chi connectivity index (χ3n) is 2.41. The Morgan fingerprint density at radius 1 is 1.27 bits per heavy atom. The van der Waals surface area contributed by atoms with Crippen molar-refractivity contribution < 1.29 is 4.74 Å². The second kappa shape index (κ2) is 4.48. The number of methoxy groups -OCH3 is 1. The van der Waals surface area contributed by atoms with E-state index >= 15 is 0 Å². The maximum atomic E-state index is 9.06. The van der Waals surface area contributed by atoms with Crippen LogP contribution in [0.2, 0.25) is 0 Å². The average molecular weight is 200 g/mol. The molecule has 0 unspecified atom stereocenters. The highest BCUT2D eigenvalue weighted by molar-refractivity contribution is 5.36. The van der Waals surface area contributed by atoms with E-state index in [-0.39, 0.29) is 6.42 Å². The van der Waals surface area contributed by atoms with E-state index in [1.54, 1.807) is 26.2 Å². The molecule has 0 heterocycles. The Kier molecular flexibility index (Phi) is 3.31. The Bertz CT molecular complexity index is 411. The zero-order valence-electron chi connectivity index (χ0n) is 8.82. The monoisotopic (exact) mass is 200 g/mol. The summed E-state index contributed by atoms with van der Waals surface area (Å²) in [5, 5.41) is 17.7. The van der Waals surface area contributed by atoms with Crippen LogP contribution in [0.25, 0.3) is 0 Å². The van der Waals surface area contributed by atoms with E-state index in [1.165, 1.54) is 0 Å². The highest BCUT2D eigenvalue weighted by Crippen LogP contribution is 2.27. The quantitative estimate of drug-likeness (QED) is 0.752. The van der Waals surface area contributed by atoms with Gasteiger partial charge < -0.3 is 4.74 Å². The first-order chi connectivity index (χ1) is 7.16. The Labute approximate surface area is 89.5 Å². The minimum atomic E-state index is -0.735. The molecule has 0 amide bonds. The maximum absolute atomic E-state index is 9.06. The lowest BCUT2D eigenvalue weighted by Crippen LogP contribution is -2.18. The van der Waals surface area contributed by atoms with Crippen LogP contribution < -0.4 is 4.74 Å². The van der Waals surface area contributed by atoms with Gasteiger partial charge in [0, 0.05) is 0 Å². The van der Waals surface area contributed by atoms with E-state index in [9.17, 15) is 0 Å². The van der Waals surface area contributed by atoms with Crippen molar-refractivity contribution in [1.29, 1.82) is 10.5 Å². The lowest BCUT2D eigenvalue weighted by molar-refractivity contribution is 0.414. The summed E-state index contributed by atoms with van der Waals surface area (Å²) in [7, 11) is 1.59. The van der Waals surface area contributed by atoms with Crippen LogP contribution in [-0.2, 0) is 5.41 Å². The van der Waals surface area contributed by atoms with Crippen molar-refractivity contribution in [2.45, 2.75) is 18.8 Å². The lowest BCUT2D eigenvalue weighted by Gasteiger charge is -2.18. The SMILES string of the molecule is COc1ccc([C@@](C)(C#N)CC#N)cc1. The molecule has 3 nitrogen and oxygen atoms in total. The fraction of sp³-hybridized carbons (Fsp3) is 0.333. The molecular weight excluding hydrogens is 188 g/mol. The second-order valence-electron chi connectivity index (χ2n) is 3.51. The van der Waals surface area contributed by atoms with E-state index in [0.717, 1.165) is 11.3 Å². The molecule has 0 bridgehead atoms. The molecule has 76 valence electrons. The Morgan fingerprint density at radius 2 is 1.87 bits per heavy atom. The summed E-state index contributed by atoms with van der Waals surface area (Å²) in [6, 6.07) is 11.4. The smallest absolute Gasteiger partial charge is 0.118 e. The molecule has 0 saturated carbocycles. The summed E-state index contributed by atoms with van der Waals surface area (Å²) < 4.78 is 5.03. The van der Waals surface area contributed by atoms with Crippen LogP contribution in [-0.4, -0.2) is 7.11 Å². The van der Waals surface area contributed by atoms with E-state index in [4.69, 9.17) is 15.3 Å². The second-order valence-corrected chi connectivity index (χ2v) is 3.51. The fourth-order valence-corrected chi connectivity index (χ4v) is 1.32. The minimum absolute atomic E-state index is 0.190. The molecular formula is C12H12N2O. The van der Waals surface area contributed by atoms with Crippen LogP contribution >= 0.6 is 0 Å². The van der Waals surface area contributed by atoms with Crippen LogP contribution in [0.5, 0.6) is 5.75 Å². The van der Waals surface area contributed by atoms with Gasteiger partial charge in [-0.1, -0.05) is 12.1 Å². The van der Waals surface area contributed by atoms with Gasteiger partial charge in [-0.3, -0.25) is 0 Å². The highest BCUT2D eigenvalue weighted by Gasteiger charge is 2.25. The normalized spacial score (nSPS) is 13.3.